The van der Waals surface area contributed by atoms with E-state index < -0.39 is 34.5 Å². The molecule has 3 aromatic carbocycles. The lowest BCUT2D eigenvalue weighted by atomic mass is 10.0. The Bertz CT molecular complexity index is 1390. The Hall–Kier alpha value is -2.86. The molecule has 0 aromatic heterocycles. The van der Waals surface area contributed by atoms with Crippen molar-refractivity contribution in [3.05, 3.63) is 82.9 Å². The summed E-state index contributed by atoms with van der Waals surface area (Å²) in [5.74, 6) is -0.734. The van der Waals surface area contributed by atoms with E-state index in [9.17, 15) is 13.6 Å². The Morgan fingerprint density at radius 2 is 1.64 bits per heavy atom. The highest BCUT2D eigenvalue weighted by Gasteiger charge is 2.35. The highest BCUT2D eigenvalue weighted by atomic mass is 28.4. The average molecular weight is 643 g/mol. The van der Waals surface area contributed by atoms with E-state index in [4.69, 9.17) is 18.0 Å². The van der Waals surface area contributed by atoms with Crippen LogP contribution in [0, 0.1) is 24.5 Å². The molecule has 0 aliphatic carbocycles. The zero-order chi connectivity index (χ0) is 32.5. The molecule has 0 aliphatic heterocycles. The van der Waals surface area contributed by atoms with Crippen LogP contribution in [0.1, 0.15) is 67.9 Å². The van der Waals surface area contributed by atoms with Gasteiger partial charge in [-0.2, -0.15) is 0 Å². The van der Waals surface area contributed by atoms with Crippen molar-refractivity contribution >= 4 is 22.8 Å². The number of hydrogen-bond acceptors (Lipinski definition) is 5. The van der Waals surface area contributed by atoms with Gasteiger partial charge >= 0.3 is 14.5 Å². The first-order chi connectivity index (χ1) is 20.7. The van der Waals surface area contributed by atoms with Crippen LogP contribution < -0.4 is 9.47 Å². The summed E-state index contributed by atoms with van der Waals surface area (Å²) in [6.07, 6.45) is 4.24. The standard InChI is InChI=1S/C35H48F2O5Si2/c1-9-11-21-39-30-16-13-27(14-17-30)35(38)41-32-19-15-28(31-18-12-26(4)33(36)34(31)37)23-29(32)24-40-44(7,8)42-43(5,6)22-20-25(3)10-2/h12-19,23,25H,9-11,20-22,24H2,1-8H3. The van der Waals surface area contributed by atoms with E-state index >= 15 is 0 Å². The van der Waals surface area contributed by atoms with Crippen LogP contribution in [-0.2, 0) is 15.1 Å². The molecule has 9 heteroatoms. The van der Waals surface area contributed by atoms with E-state index in [0.29, 0.717) is 35.0 Å². The molecule has 0 saturated carbocycles. The van der Waals surface area contributed by atoms with Gasteiger partial charge in [0.25, 0.3) is 0 Å². The number of esters is 1. The minimum atomic E-state index is -2.60. The number of benzene rings is 3. The summed E-state index contributed by atoms with van der Waals surface area (Å²) >= 11 is 0. The molecule has 1 atom stereocenters. The predicted octanol–water partition coefficient (Wildman–Crippen LogP) is 10.2. The van der Waals surface area contributed by atoms with Gasteiger partial charge in [-0.25, -0.2) is 13.6 Å². The highest BCUT2D eigenvalue weighted by molar-refractivity contribution is 6.82. The molecule has 0 spiro atoms. The first-order valence-corrected chi connectivity index (χ1v) is 21.6. The number of hydrogen-bond donors (Lipinski definition) is 0. The maximum Gasteiger partial charge on any atom is 0.343 e. The zero-order valence-electron chi connectivity index (χ0n) is 27.5. The smallest absolute Gasteiger partial charge is 0.343 e. The summed E-state index contributed by atoms with van der Waals surface area (Å²) in [6.45, 7) is 17.2. The molecule has 0 N–H and O–H groups in total. The van der Waals surface area contributed by atoms with Crippen LogP contribution in [0.5, 0.6) is 11.5 Å². The fourth-order valence-electron chi connectivity index (χ4n) is 4.80. The summed E-state index contributed by atoms with van der Waals surface area (Å²) in [5, 5.41) is 0. The first-order valence-electron chi connectivity index (χ1n) is 15.6. The molecule has 0 aliphatic rings. The molecule has 5 nitrogen and oxygen atoms in total. The maximum absolute atomic E-state index is 14.9. The predicted molar refractivity (Wildman–Crippen MR) is 178 cm³/mol. The molecular weight excluding hydrogens is 595 g/mol. The van der Waals surface area contributed by atoms with Crippen molar-refractivity contribution in [3.8, 4) is 22.6 Å². The molecule has 3 rings (SSSR count). The highest BCUT2D eigenvalue weighted by Crippen LogP contribution is 2.33. The molecule has 0 saturated heterocycles. The Balaban J connectivity index is 1.85. The van der Waals surface area contributed by atoms with E-state index in [1.165, 1.54) is 6.92 Å². The van der Waals surface area contributed by atoms with Gasteiger partial charge in [-0.05, 0) is 99.0 Å². The summed E-state index contributed by atoms with van der Waals surface area (Å²) in [4.78, 5) is 13.1. The van der Waals surface area contributed by atoms with Crippen LogP contribution in [0.2, 0.25) is 32.2 Å². The molecule has 0 fully saturated rings. The summed E-state index contributed by atoms with van der Waals surface area (Å²) in [5.41, 5.74) is 1.71. The van der Waals surface area contributed by atoms with Crippen molar-refractivity contribution in [3.63, 3.8) is 0 Å². The molecule has 0 heterocycles. The summed E-state index contributed by atoms with van der Waals surface area (Å²) in [7, 11) is -4.59. The average Bonchev–Trinajstić information content (AvgIpc) is 2.98. The quantitative estimate of drug-likeness (QED) is 0.0674. The van der Waals surface area contributed by atoms with Crippen molar-refractivity contribution < 1.29 is 31.6 Å². The van der Waals surface area contributed by atoms with Gasteiger partial charge in [0.15, 0.2) is 20.0 Å². The number of unbranched alkanes of at least 4 members (excludes halogenated alkanes) is 1. The number of carbonyl (C=O) groups is 1. The van der Waals surface area contributed by atoms with Crippen molar-refractivity contribution in [2.75, 3.05) is 6.61 Å². The van der Waals surface area contributed by atoms with Gasteiger partial charge in [0.05, 0.1) is 18.8 Å². The van der Waals surface area contributed by atoms with E-state index in [2.05, 4.69) is 33.9 Å². The van der Waals surface area contributed by atoms with Crippen molar-refractivity contribution in [1.29, 1.82) is 0 Å². The SMILES string of the molecule is CCCCOc1ccc(C(=O)Oc2ccc(-c3ccc(C)c(F)c3F)cc2CO[Si](C)(C)O[Si](C)(C)CCC(C)CC)cc1. The van der Waals surface area contributed by atoms with Gasteiger partial charge in [0, 0.05) is 11.1 Å². The molecule has 1 unspecified atom stereocenters. The van der Waals surface area contributed by atoms with Gasteiger partial charge in [-0.15, -0.1) is 0 Å². The number of ether oxygens (including phenoxy) is 2. The molecule has 44 heavy (non-hydrogen) atoms. The van der Waals surface area contributed by atoms with Gasteiger partial charge in [0.2, 0.25) is 0 Å². The lowest BCUT2D eigenvalue weighted by Gasteiger charge is -2.34. The van der Waals surface area contributed by atoms with Gasteiger partial charge in [-0.3, -0.25) is 0 Å². The summed E-state index contributed by atoms with van der Waals surface area (Å²) in [6, 6.07) is 15.9. The monoisotopic (exact) mass is 642 g/mol. The molecule has 0 amide bonds. The van der Waals surface area contributed by atoms with E-state index in [1.54, 1.807) is 54.6 Å². The fourth-order valence-corrected chi connectivity index (χ4v) is 12.5. The third-order valence-corrected chi connectivity index (χ3v) is 14.2. The Morgan fingerprint density at radius 3 is 2.30 bits per heavy atom. The van der Waals surface area contributed by atoms with Crippen LogP contribution in [0.3, 0.4) is 0 Å². The van der Waals surface area contributed by atoms with Crippen LogP contribution in [0.15, 0.2) is 54.6 Å². The molecule has 240 valence electrons. The normalized spacial score (nSPS) is 12.7. The molecule has 3 aromatic rings. The molecule has 0 bridgehead atoms. The number of halogens is 2. The second kappa shape index (κ2) is 15.9. The van der Waals surface area contributed by atoms with Gasteiger partial charge < -0.3 is 18.0 Å². The Labute approximate surface area is 264 Å². The van der Waals surface area contributed by atoms with E-state index in [0.717, 1.165) is 31.7 Å². The number of aryl methyl sites for hydroxylation is 1. The fraction of sp³-hybridized carbons (Fsp3) is 0.457. The largest absolute Gasteiger partial charge is 0.494 e. The number of rotatable bonds is 16. The molecule has 0 radical (unpaired) electrons. The lowest BCUT2D eigenvalue weighted by molar-refractivity contribution is 0.0731. The second-order valence-electron chi connectivity index (χ2n) is 12.6. The van der Waals surface area contributed by atoms with E-state index in [-0.39, 0.29) is 23.5 Å². The molecular formula is C35H48F2O5Si2. The van der Waals surface area contributed by atoms with Crippen LogP contribution in [0.4, 0.5) is 8.78 Å². The van der Waals surface area contributed by atoms with Crippen LogP contribution >= 0.6 is 0 Å². The van der Waals surface area contributed by atoms with Gasteiger partial charge in [-0.1, -0.05) is 58.2 Å². The van der Waals surface area contributed by atoms with Crippen LogP contribution in [-0.4, -0.2) is 29.5 Å². The third-order valence-electron chi connectivity index (χ3n) is 7.74. The van der Waals surface area contributed by atoms with Crippen molar-refractivity contribution in [2.45, 2.75) is 92.2 Å². The van der Waals surface area contributed by atoms with Crippen molar-refractivity contribution in [2.24, 2.45) is 5.92 Å². The maximum atomic E-state index is 14.9. The minimum Gasteiger partial charge on any atom is -0.494 e. The second-order valence-corrected chi connectivity index (χ2v) is 20.5. The van der Waals surface area contributed by atoms with Gasteiger partial charge in [0.1, 0.15) is 11.5 Å². The lowest BCUT2D eigenvalue weighted by Crippen LogP contribution is -2.46. The topological polar surface area (TPSA) is 54.0 Å². The van der Waals surface area contributed by atoms with Crippen LogP contribution in [0.25, 0.3) is 11.1 Å². The first kappa shape index (κ1) is 35.6. The minimum absolute atomic E-state index is 0.0890. The summed E-state index contributed by atoms with van der Waals surface area (Å²) < 4.78 is 54.0. The zero-order valence-corrected chi connectivity index (χ0v) is 29.5. The number of carbonyl (C=O) groups excluding carboxylic acids is 1. The Morgan fingerprint density at radius 1 is 0.932 bits per heavy atom. The van der Waals surface area contributed by atoms with E-state index in [1.807, 2.05) is 13.1 Å². The Kier molecular flexibility index (Phi) is 12.9. The third kappa shape index (κ3) is 10.4. The van der Waals surface area contributed by atoms with Crippen molar-refractivity contribution in [1.82, 2.24) is 0 Å².